The molecule has 0 saturated carbocycles. The number of benzene rings is 1. The van der Waals surface area contributed by atoms with E-state index in [1.165, 1.54) is 10.6 Å². The van der Waals surface area contributed by atoms with Gasteiger partial charge in [0.05, 0.1) is 19.9 Å². The molecule has 1 aromatic carbocycles. The number of hydrogen-bond acceptors (Lipinski definition) is 6. The standard InChI is InChI=1S/C18H23N3O2S/c1-22-15-6-5-13(12-16(15)23-2)4-3-9-21-10-7-14-17(8-11-21)24-18(19)20-14/h3-6,12H,7-11H2,1-2H3,(H2,19,20)/b4-3+. The fourth-order valence-corrected chi connectivity index (χ4v) is 3.77. The minimum atomic E-state index is 0.696. The van der Waals surface area contributed by atoms with Gasteiger partial charge in [-0.25, -0.2) is 4.98 Å². The highest BCUT2D eigenvalue weighted by molar-refractivity contribution is 7.15. The van der Waals surface area contributed by atoms with E-state index in [9.17, 15) is 0 Å². The van der Waals surface area contributed by atoms with Crippen LogP contribution in [0.4, 0.5) is 5.13 Å². The van der Waals surface area contributed by atoms with Crippen LogP contribution >= 0.6 is 11.3 Å². The number of aromatic nitrogens is 1. The smallest absolute Gasteiger partial charge is 0.180 e. The number of nitrogens with two attached hydrogens (primary N) is 1. The molecule has 1 aromatic heterocycles. The summed E-state index contributed by atoms with van der Waals surface area (Å²) in [4.78, 5) is 8.23. The van der Waals surface area contributed by atoms with Crippen LogP contribution in [0, 0.1) is 0 Å². The van der Waals surface area contributed by atoms with Crippen molar-refractivity contribution in [2.45, 2.75) is 12.8 Å². The van der Waals surface area contributed by atoms with E-state index >= 15 is 0 Å². The molecule has 2 heterocycles. The molecule has 0 radical (unpaired) electrons. The summed E-state index contributed by atoms with van der Waals surface area (Å²) in [6.45, 7) is 3.00. The number of thiazole rings is 1. The number of nitrogens with zero attached hydrogens (tertiary/aromatic N) is 2. The van der Waals surface area contributed by atoms with Crippen molar-refractivity contribution < 1.29 is 9.47 Å². The molecule has 0 fully saturated rings. The zero-order valence-corrected chi connectivity index (χ0v) is 14.9. The topological polar surface area (TPSA) is 60.6 Å². The van der Waals surface area contributed by atoms with Crippen molar-refractivity contribution in [2.75, 3.05) is 39.6 Å². The Bertz CT molecular complexity index is 702. The second kappa shape index (κ2) is 7.68. The number of fused-ring (bicyclic) bond motifs is 1. The first-order valence-electron chi connectivity index (χ1n) is 8.04. The Hall–Kier alpha value is -2.05. The van der Waals surface area contributed by atoms with Crippen molar-refractivity contribution in [3.05, 3.63) is 40.4 Å². The SMILES string of the molecule is COc1ccc(/C=C/CN2CCc3nc(N)sc3CC2)cc1OC. The molecule has 2 N–H and O–H groups in total. The summed E-state index contributed by atoms with van der Waals surface area (Å²) in [5.74, 6) is 1.50. The second-order valence-corrected chi connectivity index (χ2v) is 6.85. The fraction of sp³-hybridized carbons (Fsp3) is 0.389. The molecule has 5 nitrogen and oxygen atoms in total. The molecule has 0 aliphatic carbocycles. The molecule has 0 amide bonds. The van der Waals surface area contributed by atoms with Gasteiger partial charge in [0, 0.05) is 30.9 Å². The van der Waals surface area contributed by atoms with E-state index in [1.807, 2.05) is 18.2 Å². The summed E-state index contributed by atoms with van der Waals surface area (Å²) in [5, 5.41) is 0.696. The van der Waals surface area contributed by atoms with Gasteiger partial charge in [-0.1, -0.05) is 18.2 Å². The van der Waals surface area contributed by atoms with E-state index in [1.54, 1.807) is 25.6 Å². The Morgan fingerprint density at radius 3 is 2.79 bits per heavy atom. The van der Waals surface area contributed by atoms with Crippen molar-refractivity contribution in [3.8, 4) is 11.5 Å². The maximum atomic E-state index is 5.80. The number of anilines is 1. The average molecular weight is 345 g/mol. The minimum Gasteiger partial charge on any atom is -0.493 e. The van der Waals surface area contributed by atoms with Gasteiger partial charge in [-0.15, -0.1) is 11.3 Å². The van der Waals surface area contributed by atoms with E-state index in [0.717, 1.165) is 49.5 Å². The van der Waals surface area contributed by atoms with E-state index in [2.05, 4.69) is 22.0 Å². The van der Waals surface area contributed by atoms with E-state index in [4.69, 9.17) is 15.2 Å². The van der Waals surface area contributed by atoms with E-state index < -0.39 is 0 Å². The van der Waals surface area contributed by atoms with Crippen molar-refractivity contribution in [1.29, 1.82) is 0 Å². The third-order valence-corrected chi connectivity index (χ3v) is 5.18. The van der Waals surface area contributed by atoms with Crippen LogP contribution in [0.1, 0.15) is 16.1 Å². The lowest BCUT2D eigenvalue weighted by Gasteiger charge is -2.17. The predicted octanol–water partition coefficient (Wildman–Crippen LogP) is 2.86. The van der Waals surface area contributed by atoms with Gasteiger partial charge in [0.1, 0.15) is 0 Å². The van der Waals surface area contributed by atoms with Crippen LogP contribution in [-0.4, -0.2) is 43.7 Å². The van der Waals surface area contributed by atoms with Crippen LogP contribution in [0.5, 0.6) is 11.5 Å². The Labute approximate surface area is 146 Å². The first kappa shape index (κ1) is 16.8. The molecule has 1 aliphatic heterocycles. The third-order valence-electron chi connectivity index (χ3n) is 4.20. The molecule has 24 heavy (non-hydrogen) atoms. The predicted molar refractivity (Wildman–Crippen MR) is 99.0 cm³/mol. The summed E-state index contributed by atoms with van der Waals surface area (Å²) < 4.78 is 10.6. The van der Waals surface area contributed by atoms with Crippen molar-refractivity contribution >= 4 is 22.5 Å². The Morgan fingerprint density at radius 2 is 2.00 bits per heavy atom. The number of hydrogen-bond donors (Lipinski definition) is 1. The number of ether oxygens (including phenoxy) is 2. The summed E-state index contributed by atoms with van der Waals surface area (Å²) in [6, 6.07) is 5.95. The lowest BCUT2D eigenvalue weighted by molar-refractivity contribution is 0.318. The highest BCUT2D eigenvalue weighted by atomic mass is 32.1. The van der Waals surface area contributed by atoms with E-state index in [-0.39, 0.29) is 0 Å². The van der Waals surface area contributed by atoms with Crippen LogP contribution < -0.4 is 15.2 Å². The molecular formula is C18H23N3O2S. The highest BCUT2D eigenvalue weighted by Crippen LogP contribution is 2.28. The van der Waals surface area contributed by atoms with Crippen LogP contribution in [0.25, 0.3) is 6.08 Å². The van der Waals surface area contributed by atoms with Crippen molar-refractivity contribution in [3.63, 3.8) is 0 Å². The third kappa shape index (κ3) is 3.88. The van der Waals surface area contributed by atoms with Crippen LogP contribution in [0.2, 0.25) is 0 Å². The molecule has 0 unspecified atom stereocenters. The van der Waals surface area contributed by atoms with Gasteiger partial charge in [0.25, 0.3) is 0 Å². The van der Waals surface area contributed by atoms with Gasteiger partial charge in [-0.2, -0.15) is 0 Å². The first-order valence-corrected chi connectivity index (χ1v) is 8.86. The summed E-state index contributed by atoms with van der Waals surface area (Å²) in [5.41, 5.74) is 8.09. The molecule has 3 rings (SSSR count). The van der Waals surface area contributed by atoms with Crippen LogP contribution in [0.3, 0.4) is 0 Å². The lowest BCUT2D eigenvalue weighted by Crippen LogP contribution is -2.26. The molecule has 1 aliphatic rings. The maximum absolute atomic E-state index is 5.80. The number of methoxy groups -OCH3 is 2. The van der Waals surface area contributed by atoms with Gasteiger partial charge in [-0.05, 0) is 24.1 Å². The largest absolute Gasteiger partial charge is 0.493 e. The van der Waals surface area contributed by atoms with Gasteiger partial charge >= 0.3 is 0 Å². The molecule has 0 bridgehead atoms. The van der Waals surface area contributed by atoms with Crippen molar-refractivity contribution in [1.82, 2.24) is 9.88 Å². The average Bonchev–Trinajstić information content (AvgIpc) is 2.86. The van der Waals surface area contributed by atoms with Crippen LogP contribution in [-0.2, 0) is 12.8 Å². The first-order chi connectivity index (χ1) is 11.7. The van der Waals surface area contributed by atoms with Gasteiger partial charge < -0.3 is 15.2 Å². The number of nitrogen functional groups attached to an aromatic ring is 1. The fourth-order valence-electron chi connectivity index (χ4n) is 2.91. The molecule has 0 saturated heterocycles. The Balaban J connectivity index is 1.58. The molecular weight excluding hydrogens is 322 g/mol. The Morgan fingerprint density at radius 1 is 1.21 bits per heavy atom. The summed E-state index contributed by atoms with van der Waals surface area (Å²) in [6.07, 6.45) is 6.34. The zero-order valence-electron chi connectivity index (χ0n) is 14.1. The monoisotopic (exact) mass is 345 g/mol. The molecule has 6 heteroatoms. The highest BCUT2D eigenvalue weighted by Gasteiger charge is 2.16. The summed E-state index contributed by atoms with van der Waals surface area (Å²) >= 11 is 1.63. The normalized spacial score (nSPS) is 15.2. The number of rotatable bonds is 5. The van der Waals surface area contributed by atoms with Crippen molar-refractivity contribution in [2.24, 2.45) is 0 Å². The van der Waals surface area contributed by atoms with Gasteiger partial charge in [0.2, 0.25) is 0 Å². The molecule has 0 atom stereocenters. The lowest BCUT2D eigenvalue weighted by atomic mass is 10.2. The van der Waals surface area contributed by atoms with Gasteiger partial charge in [-0.3, -0.25) is 4.90 Å². The Kier molecular flexibility index (Phi) is 5.37. The molecule has 0 spiro atoms. The summed E-state index contributed by atoms with van der Waals surface area (Å²) in [7, 11) is 3.30. The zero-order chi connectivity index (χ0) is 16.9. The quantitative estimate of drug-likeness (QED) is 0.903. The van der Waals surface area contributed by atoms with E-state index in [0.29, 0.717) is 5.13 Å². The second-order valence-electron chi connectivity index (χ2n) is 5.74. The van der Waals surface area contributed by atoms with Crippen LogP contribution in [0.15, 0.2) is 24.3 Å². The molecule has 2 aromatic rings. The minimum absolute atomic E-state index is 0.696. The molecule has 128 valence electrons. The van der Waals surface area contributed by atoms with Gasteiger partial charge in [0.15, 0.2) is 16.6 Å². The maximum Gasteiger partial charge on any atom is 0.180 e.